The van der Waals surface area contributed by atoms with E-state index < -0.39 is 0 Å². The lowest BCUT2D eigenvalue weighted by Gasteiger charge is -2.08. The van der Waals surface area contributed by atoms with Crippen molar-refractivity contribution in [2.24, 2.45) is 0 Å². The second kappa shape index (κ2) is 7.64. The minimum absolute atomic E-state index is 0.260. The molecule has 3 aromatic heterocycles. The van der Waals surface area contributed by atoms with E-state index in [1.807, 2.05) is 24.3 Å². The van der Waals surface area contributed by atoms with Crippen LogP contribution in [0.1, 0.15) is 19.8 Å². The van der Waals surface area contributed by atoms with Crippen LogP contribution in [-0.2, 0) is 0 Å². The number of benzene rings is 1. The number of aromatic amines is 1. The quantitative estimate of drug-likeness (QED) is 0.426. The van der Waals surface area contributed by atoms with Gasteiger partial charge in [-0.05, 0) is 66.1 Å². The Labute approximate surface area is 163 Å². The summed E-state index contributed by atoms with van der Waals surface area (Å²) in [4.78, 5) is 12.3. The first-order chi connectivity index (χ1) is 13.7. The van der Waals surface area contributed by atoms with Gasteiger partial charge in [-0.25, -0.2) is 9.37 Å². The number of fused-ring (bicyclic) bond motifs is 1. The molecule has 1 aromatic carbocycles. The lowest BCUT2D eigenvalue weighted by Crippen LogP contribution is -1.99. The topological polar surface area (TPSA) is 53.6 Å². The number of hydrogen-bond acceptors (Lipinski definition) is 3. The zero-order valence-corrected chi connectivity index (χ0v) is 15.7. The monoisotopic (exact) mass is 372 g/mol. The maximum absolute atomic E-state index is 13.4. The van der Waals surface area contributed by atoms with Gasteiger partial charge in [0.05, 0.1) is 5.69 Å². The summed E-state index contributed by atoms with van der Waals surface area (Å²) >= 11 is 0. The number of nitrogens with zero attached hydrogens (tertiary/aromatic N) is 2. The number of aromatic nitrogens is 3. The van der Waals surface area contributed by atoms with Crippen LogP contribution in [0.25, 0.3) is 33.4 Å². The molecule has 0 amide bonds. The Hall–Kier alpha value is -3.47. The Morgan fingerprint density at radius 2 is 1.79 bits per heavy atom. The summed E-state index contributed by atoms with van der Waals surface area (Å²) in [6.07, 6.45) is 5.45. The highest BCUT2D eigenvalue weighted by molar-refractivity contribution is 6.02. The van der Waals surface area contributed by atoms with E-state index in [-0.39, 0.29) is 5.82 Å². The molecule has 4 aromatic rings. The number of H-pyrrole nitrogens is 1. The summed E-state index contributed by atoms with van der Waals surface area (Å²) in [5.41, 5.74) is 5.55. The molecule has 0 saturated heterocycles. The van der Waals surface area contributed by atoms with Crippen molar-refractivity contribution in [1.82, 2.24) is 15.0 Å². The molecule has 0 spiro atoms. The fourth-order valence-corrected chi connectivity index (χ4v) is 3.34. The predicted molar refractivity (Wildman–Crippen MR) is 112 cm³/mol. The van der Waals surface area contributed by atoms with Crippen molar-refractivity contribution in [2.45, 2.75) is 19.8 Å². The summed E-state index contributed by atoms with van der Waals surface area (Å²) in [6, 6.07) is 14.4. The third kappa shape index (κ3) is 3.51. The van der Waals surface area contributed by atoms with Crippen molar-refractivity contribution in [3.05, 3.63) is 79.0 Å². The van der Waals surface area contributed by atoms with Gasteiger partial charge in [-0.2, -0.15) is 0 Å². The van der Waals surface area contributed by atoms with Gasteiger partial charge < -0.3 is 10.3 Å². The third-order valence-corrected chi connectivity index (χ3v) is 4.62. The van der Waals surface area contributed by atoms with Crippen LogP contribution < -0.4 is 5.32 Å². The highest BCUT2D eigenvalue weighted by atomic mass is 19.1. The third-order valence-electron chi connectivity index (χ3n) is 4.62. The maximum Gasteiger partial charge on any atom is 0.140 e. The van der Waals surface area contributed by atoms with E-state index >= 15 is 0 Å². The van der Waals surface area contributed by atoms with Gasteiger partial charge in [-0.1, -0.05) is 19.9 Å². The first-order valence-electron chi connectivity index (χ1n) is 9.29. The van der Waals surface area contributed by atoms with Gasteiger partial charge in [0, 0.05) is 29.0 Å². The number of hydrogen-bond donors (Lipinski definition) is 2. The Balaban J connectivity index is 1.86. The maximum atomic E-state index is 13.4. The van der Waals surface area contributed by atoms with Crippen molar-refractivity contribution >= 4 is 16.9 Å². The van der Waals surface area contributed by atoms with Crippen molar-refractivity contribution < 1.29 is 4.39 Å². The molecule has 0 saturated carbocycles. The molecule has 0 aliphatic heterocycles. The summed E-state index contributed by atoms with van der Waals surface area (Å²) in [5.74, 6) is 0.489. The van der Waals surface area contributed by atoms with Crippen LogP contribution >= 0.6 is 0 Å². The van der Waals surface area contributed by atoms with Crippen LogP contribution in [0, 0.1) is 5.82 Å². The fraction of sp³-hybridized carbons (Fsp3) is 0.130. The molecule has 5 heteroatoms. The van der Waals surface area contributed by atoms with Gasteiger partial charge in [-0.15, -0.1) is 0 Å². The zero-order valence-electron chi connectivity index (χ0n) is 15.7. The van der Waals surface area contributed by atoms with Gasteiger partial charge in [0.25, 0.3) is 0 Å². The van der Waals surface area contributed by atoms with Gasteiger partial charge in [-0.3, -0.25) is 4.98 Å². The molecular formula is C23H21FN4. The smallest absolute Gasteiger partial charge is 0.140 e. The Bertz CT molecular complexity index is 1110. The van der Waals surface area contributed by atoms with Crippen molar-refractivity contribution in [1.29, 1.82) is 0 Å². The second-order valence-electron chi connectivity index (χ2n) is 6.69. The summed E-state index contributed by atoms with van der Waals surface area (Å²) < 4.78 is 13.4. The van der Waals surface area contributed by atoms with E-state index in [0.717, 1.165) is 57.8 Å². The van der Waals surface area contributed by atoms with Crippen molar-refractivity contribution in [3.63, 3.8) is 0 Å². The summed E-state index contributed by atoms with van der Waals surface area (Å²) in [6.45, 7) is 6.16. The van der Waals surface area contributed by atoms with Crippen LogP contribution in [-0.4, -0.2) is 15.0 Å². The van der Waals surface area contributed by atoms with Gasteiger partial charge in [0.2, 0.25) is 0 Å². The lowest BCUT2D eigenvalue weighted by atomic mass is 10.00. The number of nitrogens with one attached hydrogen (secondary N) is 2. The van der Waals surface area contributed by atoms with Crippen LogP contribution in [0.2, 0.25) is 0 Å². The molecular weight excluding hydrogens is 351 g/mol. The normalized spacial score (nSPS) is 10.9. The molecule has 0 aliphatic rings. The van der Waals surface area contributed by atoms with Gasteiger partial charge >= 0.3 is 0 Å². The number of rotatable bonds is 6. The first kappa shape index (κ1) is 17.9. The molecule has 0 bridgehead atoms. The molecule has 0 unspecified atom stereocenters. The number of halogens is 1. The molecule has 4 rings (SSSR count). The number of anilines is 1. The highest BCUT2D eigenvalue weighted by Gasteiger charge is 2.16. The highest BCUT2D eigenvalue weighted by Crippen LogP contribution is 2.38. The lowest BCUT2D eigenvalue weighted by molar-refractivity contribution is 0.628. The fourth-order valence-electron chi connectivity index (χ4n) is 3.34. The number of pyridine rings is 2. The molecule has 0 fully saturated rings. The molecule has 0 radical (unpaired) electrons. The molecule has 28 heavy (non-hydrogen) atoms. The van der Waals surface area contributed by atoms with Crippen LogP contribution in [0.15, 0.2) is 73.2 Å². The average Bonchev–Trinajstić information content (AvgIpc) is 3.08. The zero-order chi connectivity index (χ0) is 19.5. The molecule has 0 atom stereocenters. The molecule has 4 nitrogen and oxygen atoms in total. The predicted octanol–water partition coefficient (Wildman–Crippen LogP) is 6.16. The minimum Gasteiger partial charge on any atom is -0.344 e. The van der Waals surface area contributed by atoms with Crippen LogP contribution in [0.3, 0.4) is 0 Å². The standard InChI is InChI=1S/C23H21FN4/c1-3-4-15(2)26-20-10-9-19-21(16-11-13-25-14-12-16)22(28-23(19)27-20)17-5-7-18(24)8-6-17/h5-14H,2-4H2,1H3,(H2,26,27,28). The number of allylic oxidation sites excluding steroid dienone is 1. The Morgan fingerprint density at radius 1 is 1.04 bits per heavy atom. The van der Waals surface area contributed by atoms with E-state index in [1.54, 1.807) is 24.5 Å². The Morgan fingerprint density at radius 3 is 2.50 bits per heavy atom. The first-order valence-corrected chi connectivity index (χ1v) is 9.29. The van der Waals surface area contributed by atoms with E-state index in [4.69, 9.17) is 4.98 Å². The van der Waals surface area contributed by atoms with Crippen LogP contribution in [0.5, 0.6) is 0 Å². The van der Waals surface area contributed by atoms with E-state index in [0.29, 0.717) is 0 Å². The van der Waals surface area contributed by atoms with E-state index in [9.17, 15) is 4.39 Å². The summed E-state index contributed by atoms with van der Waals surface area (Å²) in [7, 11) is 0. The van der Waals surface area contributed by atoms with Gasteiger partial charge in [0.1, 0.15) is 17.3 Å². The molecule has 140 valence electrons. The van der Waals surface area contributed by atoms with E-state index in [1.165, 1.54) is 12.1 Å². The van der Waals surface area contributed by atoms with Crippen LogP contribution in [0.4, 0.5) is 10.2 Å². The van der Waals surface area contributed by atoms with E-state index in [2.05, 4.69) is 28.8 Å². The van der Waals surface area contributed by atoms with Gasteiger partial charge in [0.15, 0.2) is 0 Å². The minimum atomic E-state index is -0.260. The molecule has 0 aliphatic carbocycles. The SMILES string of the molecule is C=C(CCC)Nc1ccc2c(-c3ccncc3)c(-c3ccc(F)cc3)[nH]c2n1. The Kier molecular flexibility index (Phi) is 4.89. The second-order valence-corrected chi connectivity index (χ2v) is 6.69. The molecule has 3 heterocycles. The summed E-state index contributed by atoms with van der Waals surface area (Å²) in [5, 5.41) is 4.26. The average molecular weight is 372 g/mol. The van der Waals surface area contributed by atoms with Crippen molar-refractivity contribution in [3.8, 4) is 22.4 Å². The largest absolute Gasteiger partial charge is 0.344 e. The van der Waals surface area contributed by atoms with Crippen molar-refractivity contribution in [2.75, 3.05) is 5.32 Å². The molecule has 2 N–H and O–H groups in total.